The molecule has 0 bridgehead atoms. The summed E-state index contributed by atoms with van der Waals surface area (Å²) in [6.07, 6.45) is 3.30. The van der Waals surface area contributed by atoms with Crippen molar-refractivity contribution >= 4 is 34.2 Å². The Balaban J connectivity index is 3.19. The number of nitriles is 1. The summed E-state index contributed by atoms with van der Waals surface area (Å²) < 4.78 is 26.0. The zero-order chi connectivity index (χ0) is 12.1. The predicted molar refractivity (Wildman–Crippen MR) is 60.7 cm³/mol. The highest BCUT2D eigenvalue weighted by molar-refractivity contribution is 8.13. The number of amidine groups is 1. The Kier molecular flexibility index (Phi) is 4.52. The first-order chi connectivity index (χ1) is 7.58. The average molecular weight is 262 g/mol. The van der Waals surface area contributed by atoms with E-state index in [0.717, 1.165) is 17.8 Å². The van der Waals surface area contributed by atoms with Crippen LogP contribution < -0.4 is 5.32 Å². The van der Waals surface area contributed by atoms with E-state index in [2.05, 4.69) is 10.3 Å². The lowest BCUT2D eigenvalue weighted by molar-refractivity contribution is 0.585. The summed E-state index contributed by atoms with van der Waals surface area (Å²) >= 11 is 6.74. The van der Waals surface area contributed by atoms with Crippen molar-refractivity contribution in [1.82, 2.24) is 5.32 Å². The normalized spacial score (nSPS) is 11.1. The fraction of sp³-hybridized carbons (Fsp3) is 0.111. The van der Waals surface area contributed by atoms with E-state index in [0.29, 0.717) is 6.07 Å². The number of nitrogens with zero attached hydrogens (tertiary/aromatic N) is 2. The minimum atomic E-state index is -0.878. The maximum atomic E-state index is 13.3. The summed E-state index contributed by atoms with van der Waals surface area (Å²) in [4.78, 5) is 3.78. The van der Waals surface area contributed by atoms with E-state index < -0.39 is 11.6 Å². The van der Waals surface area contributed by atoms with Crippen LogP contribution in [-0.2, 0) is 0 Å². The monoisotopic (exact) mass is 261 g/mol. The number of nitrogens with one attached hydrogen (secondary N) is 1. The van der Waals surface area contributed by atoms with Crippen LogP contribution in [0, 0.1) is 23.1 Å². The molecular formula is C9H6ClF2N3S. The summed E-state index contributed by atoms with van der Waals surface area (Å²) in [6, 6.07) is 1.63. The van der Waals surface area contributed by atoms with Crippen LogP contribution in [0.1, 0.15) is 0 Å². The van der Waals surface area contributed by atoms with Crippen LogP contribution in [0.3, 0.4) is 0 Å². The van der Waals surface area contributed by atoms with Gasteiger partial charge in [0, 0.05) is 6.07 Å². The van der Waals surface area contributed by atoms with Crippen molar-refractivity contribution in [3.8, 4) is 6.19 Å². The highest BCUT2D eigenvalue weighted by Crippen LogP contribution is 2.29. The first-order valence-electron chi connectivity index (χ1n) is 4.00. The molecule has 1 N–H and O–H groups in total. The largest absolute Gasteiger partial charge is 0.271 e. The molecule has 0 spiro atoms. The molecule has 0 atom stereocenters. The Hall–Kier alpha value is -1.32. The molecule has 0 fully saturated rings. The van der Waals surface area contributed by atoms with E-state index in [-0.39, 0.29) is 15.9 Å². The SMILES string of the molecule is CSC(=Nc1c(F)cc(F)cc1Cl)NC#N. The maximum Gasteiger partial charge on any atom is 0.183 e. The number of aliphatic imine (C=N–C) groups is 1. The van der Waals surface area contributed by atoms with Gasteiger partial charge < -0.3 is 0 Å². The highest BCUT2D eigenvalue weighted by atomic mass is 35.5. The molecule has 7 heteroatoms. The molecule has 0 aromatic heterocycles. The minimum Gasteiger partial charge on any atom is -0.271 e. The molecule has 0 heterocycles. The molecule has 0 aliphatic rings. The molecule has 3 nitrogen and oxygen atoms in total. The number of hydrogen-bond acceptors (Lipinski definition) is 3. The van der Waals surface area contributed by atoms with E-state index in [1.807, 2.05) is 0 Å². The molecule has 0 unspecified atom stereocenters. The molecule has 0 saturated carbocycles. The Labute approximate surface area is 100 Å². The van der Waals surface area contributed by atoms with Gasteiger partial charge in [-0.2, -0.15) is 5.26 Å². The molecule has 0 amide bonds. The van der Waals surface area contributed by atoms with E-state index in [9.17, 15) is 8.78 Å². The number of benzene rings is 1. The van der Waals surface area contributed by atoms with E-state index in [4.69, 9.17) is 16.9 Å². The lowest BCUT2D eigenvalue weighted by atomic mass is 10.3. The van der Waals surface area contributed by atoms with Crippen LogP contribution in [0.15, 0.2) is 17.1 Å². The molecule has 0 aliphatic heterocycles. The topological polar surface area (TPSA) is 48.2 Å². The third-order valence-corrected chi connectivity index (χ3v) is 2.42. The Bertz CT molecular complexity index is 447. The number of rotatable bonds is 1. The second-order valence-electron chi connectivity index (χ2n) is 2.58. The summed E-state index contributed by atoms with van der Waals surface area (Å²) in [5.74, 6) is -1.66. The van der Waals surface area contributed by atoms with Gasteiger partial charge in [-0.15, -0.1) is 0 Å². The van der Waals surface area contributed by atoms with Gasteiger partial charge in [0.25, 0.3) is 0 Å². The van der Waals surface area contributed by atoms with Crippen molar-refractivity contribution in [1.29, 1.82) is 5.26 Å². The van der Waals surface area contributed by atoms with Crippen LogP contribution in [-0.4, -0.2) is 11.4 Å². The van der Waals surface area contributed by atoms with Crippen molar-refractivity contribution in [2.45, 2.75) is 0 Å². The lowest BCUT2D eigenvalue weighted by Crippen LogP contribution is -2.12. The summed E-state index contributed by atoms with van der Waals surface area (Å²) in [5.41, 5.74) is -0.199. The molecule has 84 valence electrons. The Morgan fingerprint density at radius 2 is 2.25 bits per heavy atom. The summed E-state index contributed by atoms with van der Waals surface area (Å²) in [7, 11) is 0. The first-order valence-corrected chi connectivity index (χ1v) is 5.61. The highest BCUT2D eigenvalue weighted by Gasteiger charge is 2.10. The molecule has 1 aromatic rings. The number of hydrogen-bond donors (Lipinski definition) is 1. The van der Waals surface area contributed by atoms with Crippen LogP contribution in [0.4, 0.5) is 14.5 Å². The summed E-state index contributed by atoms with van der Waals surface area (Å²) in [5, 5.41) is 10.7. The molecular weight excluding hydrogens is 256 g/mol. The predicted octanol–water partition coefficient (Wildman–Crippen LogP) is 3.04. The van der Waals surface area contributed by atoms with Crippen molar-refractivity contribution in [3.63, 3.8) is 0 Å². The number of thioether (sulfide) groups is 1. The van der Waals surface area contributed by atoms with Crippen LogP contribution in [0.2, 0.25) is 5.02 Å². The van der Waals surface area contributed by atoms with Gasteiger partial charge in [0.1, 0.15) is 11.5 Å². The average Bonchev–Trinajstić information content (AvgIpc) is 2.21. The van der Waals surface area contributed by atoms with Crippen LogP contribution >= 0.6 is 23.4 Å². The van der Waals surface area contributed by atoms with Gasteiger partial charge in [0.2, 0.25) is 0 Å². The van der Waals surface area contributed by atoms with E-state index in [1.54, 1.807) is 12.4 Å². The fourth-order valence-electron chi connectivity index (χ4n) is 0.915. The van der Waals surface area contributed by atoms with Gasteiger partial charge in [-0.1, -0.05) is 23.4 Å². The van der Waals surface area contributed by atoms with E-state index >= 15 is 0 Å². The third kappa shape index (κ3) is 3.08. The third-order valence-electron chi connectivity index (χ3n) is 1.55. The minimum absolute atomic E-state index is 0.149. The zero-order valence-corrected chi connectivity index (χ0v) is 9.66. The standard InChI is InChI=1S/C9H6ClF2N3S/c1-16-9(14-4-13)15-8-6(10)2-5(11)3-7(8)12/h2-3H,1H3,(H,14,15). The summed E-state index contributed by atoms with van der Waals surface area (Å²) in [6.45, 7) is 0. The molecule has 16 heavy (non-hydrogen) atoms. The second-order valence-corrected chi connectivity index (χ2v) is 3.78. The molecule has 1 rings (SSSR count). The molecule has 0 radical (unpaired) electrons. The van der Waals surface area contributed by atoms with Gasteiger partial charge in [0.15, 0.2) is 17.2 Å². The van der Waals surface area contributed by atoms with Crippen molar-refractivity contribution in [2.24, 2.45) is 4.99 Å². The fourth-order valence-corrected chi connectivity index (χ4v) is 1.48. The zero-order valence-electron chi connectivity index (χ0n) is 8.09. The van der Waals surface area contributed by atoms with Crippen molar-refractivity contribution in [2.75, 3.05) is 6.26 Å². The quantitative estimate of drug-likeness (QED) is 0.366. The maximum absolute atomic E-state index is 13.3. The molecule has 0 aliphatic carbocycles. The number of halogens is 3. The van der Waals surface area contributed by atoms with Gasteiger partial charge in [0.05, 0.1) is 5.02 Å². The van der Waals surface area contributed by atoms with Crippen molar-refractivity contribution < 1.29 is 8.78 Å². The van der Waals surface area contributed by atoms with Gasteiger partial charge >= 0.3 is 0 Å². The Morgan fingerprint density at radius 3 is 2.75 bits per heavy atom. The Morgan fingerprint density at radius 1 is 1.56 bits per heavy atom. The second kappa shape index (κ2) is 5.68. The van der Waals surface area contributed by atoms with E-state index in [1.165, 1.54) is 0 Å². The van der Waals surface area contributed by atoms with Gasteiger partial charge in [-0.3, -0.25) is 5.32 Å². The first kappa shape index (κ1) is 12.7. The van der Waals surface area contributed by atoms with Gasteiger partial charge in [-0.05, 0) is 12.3 Å². The van der Waals surface area contributed by atoms with Crippen LogP contribution in [0.25, 0.3) is 0 Å². The molecule has 0 saturated heterocycles. The van der Waals surface area contributed by atoms with Crippen molar-refractivity contribution in [3.05, 3.63) is 28.8 Å². The molecule has 1 aromatic carbocycles. The van der Waals surface area contributed by atoms with Gasteiger partial charge in [-0.25, -0.2) is 13.8 Å². The lowest BCUT2D eigenvalue weighted by Gasteiger charge is -2.03. The van der Waals surface area contributed by atoms with Crippen LogP contribution in [0.5, 0.6) is 0 Å². The smallest absolute Gasteiger partial charge is 0.183 e.